The van der Waals surface area contributed by atoms with Crippen LogP contribution in [-0.4, -0.2) is 43.0 Å². The van der Waals surface area contributed by atoms with Crippen LogP contribution in [-0.2, 0) is 0 Å². The van der Waals surface area contributed by atoms with Gasteiger partial charge in [-0.15, -0.1) is 12.4 Å². The van der Waals surface area contributed by atoms with Gasteiger partial charge in [-0.1, -0.05) is 18.2 Å². The van der Waals surface area contributed by atoms with E-state index in [2.05, 4.69) is 16.0 Å². The van der Waals surface area contributed by atoms with Crippen LogP contribution in [0.25, 0.3) is 0 Å². The molecule has 7 heteroatoms. The summed E-state index contributed by atoms with van der Waals surface area (Å²) in [6.07, 6.45) is 0. The lowest BCUT2D eigenvalue weighted by molar-refractivity contribution is 0.0781. The number of hydrogen-bond acceptors (Lipinski definition) is 3. The summed E-state index contributed by atoms with van der Waals surface area (Å²) in [6.45, 7) is 3.67. The molecule has 0 bridgehead atoms. The van der Waals surface area contributed by atoms with Gasteiger partial charge in [-0.3, -0.25) is 4.79 Å². The standard InChI is InChI=1S/C20H22N4O2.ClH/c25-19(24-12-15-10-21-11-16(15)13-24)14-6-8-18(9-7-14)23-20(26)22-17-4-2-1-3-5-17;/h1-9,15-16,21H,10-13H2,(H2,22,23,26);1H/t15-,16+;. The molecule has 2 heterocycles. The molecule has 2 aliphatic heterocycles. The lowest BCUT2D eigenvalue weighted by Crippen LogP contribution is -2.31. The first-order valence-electron chi connectivity index (χ1n) is 8.92. The highest BCUT2D eigenvalue weighted by Gasteiger charge is 2.38. The van der Waals surface area contributed by atoms with Crippen molar-refractivity contribution in [1.82, 2.24) is 10.2 Å². The lowest BCUT2D eigenvalue weighted by Gasteiger charge is -2.17. The van der Waals surface area contributed by atoms with Crippen molar-refractivity contribution in [3.63, 3.8) is 0 Å². The molecule has 0 aromatic heterocycles. The largest absolute Gasteiger partial charge is 0.338 e. The number of anilines is 2. The Kier molecular flexibility index (Phi) is 5.98. The molecule has 2 fully saturated rings. The van der Waals surface area contributed by atoms with Crippen LogP contribution >= 0.6 is 12.4 Å². The zero-order valence-electron chi connectivity index (χ0n) is 14.9. The first-order valence-corrected chi connectivity index (χ1v) is 8.92. The molecule has 2 aromatic carbocycles. The molecule has 0 saturated carbocycles. The monoisotopic (exact) mass is 386 g/mol. The summed E-state index contributed by atoms with van der Waals surface area (Å²) in [5, 5.41) is 8.92. The van der Waals surface area contributed by atoms with Crippen LogP contribution in [0.2, 0.25) is 0 Å². The third-order valence-electron chi connectivity index (χ3n) is 5.10. The number of carbonyl (C=O) groups is 2. The Balaban J connectivity index is 0.00000210. The van der Waals surface area contributed by atoms with Gasteiger partial charge in [0.05, 0.1) is 0 Å². The molecule has 2 atom stereocenters. The molecule has 0 spiro atoms. The van der Waals surface area contributed by atoms with E-state index in [1.54, 1.807) is 24.3 Å². The molecular formula is C20H23ClN4O2. The van der Waals surface area contributed by atoms with E-state index < -0.39 is 0 Å². The van der Waals surface area contributed by atoms with Gasteiger partial charge >= 0.3 is 6.03 Å². The summed E-state index contributed by atoms with van der Waals surface area (Å²) in [7, 11) is 0. The zero-order valence-corrected chi connectivity index (χ0v) is 15.7. The molecule has 142 valence electrons. The van der Waals surface area contributed by atoms with Gasteiger partial charge in [-0.05, 0) is 48.2 Å². The molecule has 6 nitrogen and oxygen atoms in total. The lowest BCUT2D eigenvalue weighted by atomic mass is 10.0. The molecular weight excluding hydrogens is 364 g/mol. The molecule has 2 aromatic rings. The number of para-hydroxylation sites is 1. The molecule has 2 saturated heterocycles. The van der Waals surface area contributed by atoms with Crippen molar-refractivity contribution < 1.29 is 9.59 Å². The number of nitrogens with zero attached hydrogens (tertiary/aromatic N) is 1. The minimum absolute atomic E-state index is 0. The van der Waals surface area contributed by atoms with Crippen molar-refractivity contribution in [2.75, 3.05) is 36.8 Å². The number of benzene rings is 2. The number of carbonyl (C=O) groups excluding carboxylic acids is 2. The van der Waals surface area contributed by atoms with E-state index in [9.17, 15) is 9.59 Å². The highest BCUT2D eigenvalue weighted by Crippen LogP contribution is 2.27. The third-order valence-corrected chi connectivity index (χ3v) is 5.10. The van der Waals surface area contributed by atoms with E-state index in [0.29, 0.717) is 23.1 Å². The summed E-state index contributed by atoms with van der Waals surface area (Å²) < 4.78 is 0. The molecule has 3 amide bonds. The van der Waals surface area contributed by atoms with Gasteiger partial charge in [0.2, 0.25) is 0 Å². The average molecular weight is 387 g/mol. The summed E-state index contributed by atoms with van der Waals surface area (Å²) >= 11 is 0. The van der Waals surface area contributed by atoms with Gasteiger partial charge in [-0.25, -0.2) is 4.79 Å². The Hall–Kier alpha value is -2.57. The number of urea groups is 1. The van der Waals surface area contributed by atoms with E-state index in [1.165, 1.54) is 0 Å². The van der Waals surface area contributed by atoms with Crippen molar-refractivity contribution in [3.8, 4) is 0 Å². The smallest absolute Gasteiger partial charge is 0.323 e. The van der Waals surface area contributed by atoms with Gasteiger partial charge in [0.25, 0.3) is 5.91 Å². The molecule has 0 aliphatic carbocycles. The number of fused-ring (bicyclic) bond motifs is 1. The average Bonchev–Trinajstić information content (AvgIpc) is 3.24. The molecule has 4 rings (SSSR count). The molecule has 0 unspecified atom stereocenters. The Morgan fingerprint density at radius 3 is 2.00 bits per heavy atom. The number of rotatable bonds is 3. The Bertz CT molecular complexity index is 785. The van der Waals surface area contributed by atoms with Gasteiger partial charge in [-0.2, -0.15) is 0 Å². The SMILES string of the molecule is Cl.O=C(Nc1ccccc1)Nc1ccc(C(=O)N2C[C@H]3CNC[C@H]3C2)cc1. The third kappa shape index (κ3) is 4.40. The van der Waals surface area contributed by atoms with E-state index in [0.717, 1.165) is 31.9 Å². The summed E-state index contributed by atoms with van der Waals surface area (Å²) in [5.74, 6) is 1.24. The van der Waals surface area contributed by atoms with Gasteiger partial charge in [0.1, 0.15) is 0 Å². The van der Waals surface area contributed by atoms with Crippen molar-refractivity contribution in [2.45, 2.75) is 0 Å². The maximum absolute atomic E-state index is 12.7. The minimum Gasteiger partial charge on any atom is -0.338 e. The predicted octanol–water partition coefficient (Wildman–Crippen LogP) is 3.04. The molecule has 2 aliphatic rings. The van der Waals surface area contributed by atoms with Crippen LogP contribution in [0.15, 0.2) is 54.6 Å². The van der Waals surface area contributed by atoms with Gasteiger partial charge < -0.3 is 20.9 Å². The van der Waals surface area contributed by atoms with Gasteiger partial charge in [0, 0.05) is 43.1 Å². The van der Waals surface area contributed by atoms with Crippen molar-refractivity contribution in [3.05, 3.63) is 60.2 Å². The fraction of sp³-hybridized carbons (Fsp3) is 0.300. The van der Waals surface area contributed by atoms with Crippen LogP contribution < -0.4 is 16.0 Å². The Labute approximate surface area is 164 Å². The van der Waals surface area contributed by atoms with Crippen molar-refractivity contribution >= 4 is 35.7 Å². The maximum atomic E-state index is 12.7. The van der Waals surface area contributed by atoms with Gasteiger partial charge in [0.15, 0.2) is 0 Å². The predicted molar refractivity (Wildman–Crippen MR) is 109 cm³/mol. The van der Waals surface area contributed by atoms with E-state index in [-0.39, 0.29) is 24.3 Å². The summed E-state index contributed by atoms with van der Waals surface area (Å²) in [5.41, 5.74) is 2.04. The number of amides is 3. The molecule has 3 N–H and O–H groups in total. The second-order valence-electron chi connectivity index (χ2n) is 6.91. The van der Waals surface area contributed by atoms with E-state index in [1.807, 2.05) is 35.2 Å². The second-order valence-corrected chi connectivity index (χ2v) is 6.91. The summed E-state index contributed by atoms with van der Waals surface area (Å²) in [4.78, 5) is 26.6. The number of nitrogens with one attached hydrogen (secondary N) is 3. The quantitative estimate of drug-likeness (QED) is 0.759. The number of hydrogen-bond donors (Lipinski definition) is 3. The minimum atomic E-state index is -0.310. The topological polar surface area (TPSA) is 73.5 Å². The highest BCUT2D eigenvalue weighted by molar-refractivity contribution is 6.00. The van der Waals surface area contributed by atoms with E-state index in [4.69, 9.17) is 0 Å². The first-order chi connectivity index (χ1) is 12.7. The second kappa shape index (κ2) is 8.41. The fourth-order valence-electron chi connectivity index (χ4n) is 3.71. The first kappa shape index (κ1) is 19.2. The molecule has 27 heavy (non-hydrogen) atoms. The molecule has 0 radical (unpaired) electrons. The van der Waals surface area contributed by atoms with Crippen LogP contribution in [0.4, 0.5) is 16.2 Å². The zero-order chi connectivity index (χ0) is 17.9. The highest BCUT2D eigenvalue weighted by atomic mass is 35.5. The normalized spacial score (nSPS) is 20.5. The Morgan fingerprint density at radius 2 is 1.41 bits per heavy atom. The van der Waals surface area contributed by atoms with Crippen LogP contribution in [0.1, 0.15) is 10.4 Å². The van der Waals surface area contributed by atoms with E-state index >= 15 is 0 Å². The number of likely N-dealkylation sites (tertiary alicyclic amines) is 1. The van der Waals surface area contributed by atoms with Crippen LogP contribution in [0.3, 0.4) is 0 Å². The van der Waals surface area contributed by atoms with Crippen molar-refractivity contribution in [1.29, 1.82) is 0 Å². The fourth-order valence-corrected chi connectivity index (χ4v) is 3.71. The Morgan fingerprint density at radius 1 is 0.852 bits per heavy atom. The number of halogens is 1. The van der Waals surface area contributed by atoms with Crippen LogP contribution in [0.5, 0.6) is 0 Å². The maximum Gasteiger partial charge on any atom is 0.323 e. The summed E-state index contributed by atoms with van der Waals surface area (Å²) in [6, 6.07) is 16.0. The van der Waals surface area contributed by atoms with Crippen LogP contribution in [0, 0.1) is 11.8 Å². The van der Waals surface area contributed by atoms with Crippen molar-refractivity contribution in [2.24, 2.45) is 11.8 Å².